The summed E-state index contributed by atoms with van der Waals surface area (Å²) in [4.78, 5) is 28.7. The van der Waals surface area contributed by atoms with Gasteiger partial charge in [-0.05, 0) is 25.5 Å². The minimum Gasteiger partial charge on any atom is -0.395 e. The first-order valence-corrected chi connectivity index (χ1v) is 5.72. The Kier molecular flexibility index (Phi) is 5.26. The second-order valence-electron chi connectivity index (χ2n) is 3.73. The van der Waals surface area contributed by atoms with Crippen molar-refractivity contribution in [3.63, 3.8) is 0 Å². The van der Waals surface area contributed by atoms with Crippen LogP contribution in [0.25, 0.3) is 0 Å². The predicted octanol–water partition coefficient (Wildman–Crippen LogP) is 0.169. The van der Waals surface area contributed by atoms with E-state index in [4.69, 9.17) is 5.11 Å². The fourth-order valence-electron chi connectivity index (χ4n) is 1.45. The van der Waals surface area contributed by atoms with Gasteiger partial charge in [0.2, 0.25) is 0 Å². The molecule has 1 heterocycles. The topological polar surface area (TPSA) is 82.5 Å². The Morgan fingerprint density at radius 1 is 1.50 bits per heavy atom. The zero-order valence-corrected chi connectivity index (χ0v) is 10.5. The SMILES string of the molecule is CCN(CCO)C(=O)C(=O)Nc1ncccc1C. The molecule has 2 N–H and O–H groups in total. The van der Waals surface area contributed by atoms with Crippen molar-refractivity contribution < 1.29 is 14.7 Å². The molecule has 0 aliphatic carbocycles. The van der Waals surface area contributed by atoms with Crippen LogP contribution in [0.4, 0.5) is 5.82 Å². The zero-order valence-electron chi connectivity index (χ0n) is 10.5. The quantitative estimate of drug-likeness (QED) is 0.747. The summed E-state index contributed by atoms with van der Waals surface area (Å²) in [5, 5.41) is 11.3. The Morgan fingerprint density at radius 3 is 2.78 bits per heavy atom. The minimum atomic E-state index is -0.743. The summed E-state index contributed by atoms with van der Waals surface area (Å²) in [6, 6.07) is 3.54. The highest BCUT2D eigenvalue weighted by molar-refractivity contribution is 6.39. The van der Waals surface area contributed by atoms with Crippen molar-refractivity contribution in [2.24, 2.45) is 0 Å². The van der Waals surface area contributed by atoms with E-state index in [-0.39, 0.29) is 13.2 Å². The van der Waals surface area contributed by atoms with Gasteiger partial charge in [0.25, 0.3) is 0 Å². The molecule has 0 saturated carbocycles. The van der Waals surface area contributed by atoms with Gasteiger partial charge >= 0.3 is 11.8 Å². The molecule has 6 nitrogen and oxygen atoms in total. The second-order valence-corrected chi connectivity index (χ2v) is 3.73. The van der Waals surface area contributed by atoms with Crippen LogP contribution in [0, 0.1) is 6.92 Å². The van der Waals surface area contributed by atoms with Gasteiger partial charge in [-0.3, -0.25) is 9.59 Å². The number of likely N-dealkylation sites (N-methyl/N-ethyl adjacent to an activating group) is 1. The van der Waals surface area contributed by atoms with Gasteiger partial charge in [-0.15, -0.1) is 0 Å². The van der Waals surface area contributed by atoms with Crippen LogP contribution in [0.1, 0.15) is 12.5 Å². The Morgan fingerprint density at radius 2 is 2.22 bits per heavy atom. The molecule has 6 heteroatoms. The number of aliphatic hydroxyl groups is 1. The van der Waals surface area contributed by atoms with E-state index >= 15 is 0 Å². The van der Waals surface area contributed by atoms with Gasteiger partial charge in [0, 0.05) is 19.3 Å². The highest BCUT2D eigenvalue weighted by Crippen LogP contribution is 2.09. The van der Waals surface area contributed by atoms with E-state index in [2.05, 4.69) is 10.3 Å². The number of amides is 2. The number of carbonyl (C=O) groups is 2. The van der Waals surface area contributed by atoms with Crippen LogP contribution < -0.4 is 5.32 Å². The average molecular weight is 251 g/mol. The van der Waals surface area contributed by atoms with Crippen molar-refractivity contribution in [2.75, 3.05) is 25.0 Å². The van der Waals surface area contributed by atoms with E-state index in [9.17, 15) is 9.59 Å². The van der Waals surface area contributed by atoms with Crippen LogP contribution in [-0.4, -0.2) is 46.5 Å². The van der Waals surface area contributed by atoms with Crippen molar-refractivity contribution in [3.05, 3.63) is 23.9 Å². The summed E-state index contributed by atoms with van der Waals surface area (Å²) in [6.07, 6.45) is 1.54. The van der Waals surface area contributed by atoms with Crippen LogP contribution in [0.15, 0.2) is 18.3 Å². The molecule has 0 aliphatic rings. The molecule has 0 aromatic carbocycles. The lowest BCUT2D eigenvalue weighted by molar-refractivity contribution is -0.143. The first kappa shape index (κ1) is 14.1. The van der Waals surface area contributed by atoms with Gasteiger partial charge in [0.05, 0.1) is 6.61 Å². The van der Waals surface area contributed by atoms with Crippen molar-refractivity contribution >= 4 is 17.6 Å². The van der Waals surface area contributed by atoms with Crippen molar-refractivity contribution in [1.82, 2.24) is 9.88 Å². The number of pyridine rings is 1. The van der Waals surface area contributed by atoms with Crippen LogP contribution in [0.5, 0.6) is 0 Å². The van der Waals surface area contributed by atoms with Gasteiger partial charge in [-0.1, -0.05) is 6.07 Å². The average Bonchev–Trinajstić information content (AvgIpc) is 2.37. The monoisotopic (exact) mass is 251 g/mol. The standard InChI is InChI=1S/C12H17N3O3/c1-3-15(7-8-16)12(18)11(17)14-10-9(2)5-4-6-13-10/h4-6,16H,3,7-8H2,1-2H3,(H,13,14,17). The lowest BCUT2D eigenvalue weighted by Gasteiger charge is -2.18. The van der Waals surface area contributed by atoms with Crippen LogP contribution in [0.2, 0.25) is 0 Å². The summed E-state index contributed by atoms with van der Waals surface area (Å²) in [5.41, 5.74) is 0.781. The molecule has 0 aliphatic heterocycles. The van der Waals surface area contributed by atoms with Crippen molar-refractivity contribution in [3.8, 4) is 0 Å². The number of carbonyl (C=O) groups excluding carboxylic acids is 2. The minimum absolute atomic E-state index is 0.143. The van der Waals surface area contributed by atoms with Gasteiger partial charge < -0.3 is 15.3 Å². The number of rotatable bonds is 4. The molecule has 0 fully saturated rings. The fourth-order valence-corrected chi connectivity index (χ4v) is 1.45. The number of aliphatic hydroxyl groups excluding tert-OH is 1. The number of aryl methyl sites for hydroxylation is 1. The Bertz CT molecular complexity index is 434. The molecule has 0 spiro atoms. The van der Waals surface area contributed by atoms with E-state index in [1.807, 2.05) is 0 Å². The lowest BCUT2D eigenvalue weighted by atomic mass is 10.3. The summed E-state index contributed by atoms with van der Waals surface area (Å²) in [5.74, 6) is -1.04. The van der Waals surface area contributed by atoms with Crippen molar-refractivity contribution in [1.29, 1.82) is 0 Å². The molecule has 1 aromatic rings. The molecule has 18 heavy (non-hydrogen) atoms. The lowest BCUT2D eigenvalue weighted by Crippen LogP contribution is -2.41. The first-order valence-electron chi connectivity index (χ1n) is 5.72. The molecule has 0 saturated heterocycles. The van der Waals surface area contributed by atoms with Crippen molar-refractivity contribution in [2.45, 2.75) is 13.8 Å². The summed E-state index contributed by atoms with van der Waals surface area (Å²) in [7, 11) is 0. The third-order valence-electron chi connectivity index (χ3n) is 2.47. The molecule has 0 unspecified atom stereocenters. The number of nitrogens with one attached hydrogen (secondary N) is 1. The highest BCUT2D eigenvalue weighted by atomic mass is 16.3. The molecule has 98 valence electrons. The number of anilines is 1. The van der Waals surface area contributed by atoms with E-state index in [0.717, 1.165) is 5.56 Å². The smallest absolute Gasteiger partial charge is 0.315 e. The fraction of sp³-hybridized carbons (Fsp3) is 0.417. The van der Waals surface area contributed by atoms with Crippen LogP contribution in [-0.2, 0) is 9.59 Å². The van der Waals surface area contributed by atoms with E-state index in [0.29, 0.717) is 12.4 Å². The maximum absolute atomic E-state index is 11.8. The third kappa shape index (κ3) is 3.53. The normalized spacial score (nSPS) is 9.94. The summed E-state index contributed by atoms with van der Waals surface area (Å²) in [6.45, 7) is 3.87. The molecule has 1 rings (SSSR count). The predicted molar refractivity (Wildman–Crippen MR) is 66.9 cm³/mol. The third-order valence-corrected chi connectivity index (χ3v) is 2.47. The Labute approximate surface area is 106 Å². The van der Waals surface area contributed by atoms with Gasteiger partial charge in [-0.25, -0.2) is 4.98 Å². The largest absolute Gasteiger partial charge is 0.395 e. The van der Waals surface area contributed by atoms with Gasteiger partial charge in [0.1, 0.15) is 5.82 Å². The molecule has 0 atom stereocenters. The van der Waals surface area contributed by atoms with Gasteiger partial charge in [-0.2, -0.15) is 0 Å². The Balaban J connectivity index is 2.71. The number of nitrogens with zero attached hydrogens (tertiary/aromatic N) is 2. The summed E-state index contributed by atoms with van der Waals surface area (Å²) < 4.78 is 0. The molecular formula is C12H17N3O3. The Hall–Kier alpha value is -1.95. The zero-order chi connectivity index (χ0) is 13.5. The highest BCUT2D eigenvalue weighted by Gasteiger charge is 2.20. The maximum atomic E-state index is 11.8. The number of hydrogen-bond donors (Lipinski definition) is 2. The number of hydrogen-bond acceptors (Lipinski definition) is 4. The second kappa shape index (κ2) is 6.70. The van der Waals surface area contributed by atoms with E-state index in [1.165, 1.54) is 4.90 Å². The molecule has 2 amide bonds. The van der Waals surface area contributed by atoms with Crippen LogP contribution >= 0.6 is 0 Å². The molecule has 1 aromatic heterocycles. The maximum Gasteiger partial charge on any atom is 0.315 e. The van der Waals surface area contributed by atoms with Gasteiger partial charge in [0.15, 0.2) is 0 Å². The van der Waals surface area contributed by atoms with Crippen LogP contribution in [0.3, 0.4) is 0 Å². The number of aromatic nitrogens is 1. The first-order chi connectivity index (χ1) is 8.60. The van der Waals surface area contributed by atoms with E-state index in [1.54, 1.807) is 32.2 Å². The molecular weight excluding hydrogens is 234 g/mol. The summed E-state index contributed by atoms with van der Waals surface area (Å²) >= 11 is 0. The van der Waals surface area contributed by atoms with E-state index < -0.39 is 11.8 Å². The molecule has 0 radical (unpaired) electrons. The molecule has 0 bridgehead atoms.